The molecular weight excluding hydrogens is 352 g/mol. The fraction of sp³-hybridized carbons (Fsp3) is 0.0588. The number of halogens is 3. The quantitative estimate of drug-likeness (QED) is 0.742. The third-order valence-electron chi connectivity index (χ3n) is 3.24. The van der Waals surface area contributed by atoms with Gasteiger partial charge in [0.1, 0.15) is 5.82 Å². The smallest absolute Gasteiger partial charge is 0.276 e. The van der Waals surface area contributed by atoms with Crippen LogP contribution in [-0.2, 0) is 6.73 Å². The minimum Gasteiger partial charge on any atom is -0.468 e. The first kappa shape index (κ1) is 16.9. The normalized spacial score (nSPS) is 10.5. The van der Waals surface area contributed by atoms with Crippen molar-refractivity contribution in [2.24, 2.45) is 0 Å². The molecule has 0 aliphatic rings. The number of para-hydroxylation sites is 1. The Morgan fingerprint density at radius 3 is 2.76 bits per heavy atom. The summed E-state index contributed by atoms with van der Waals surface area (Å²) in [7, 11) is 0. The standard InChI is InChI=1S/C17H12ClF2N3O2/c18-12-3-1-2-4-14(12)21-17(24)15-7-8-23(22-15)10-25-16-6-5-11(19)9-13(16)20/h1-9H,10H2,(H,21,24). The summed E-state index contributed by atoms with van der Waals surface area (Å²) in [5, 5.41) is 7.09. The molecule has 2 aromatic carbocycles. The summed E-state index contributed by atoms with van der Waals surface area (Å²) in [6, 6.07) is 11.3. The highest BCUT2D eigenvalue weighted by molar-refractivity contribution is 6.33. The first-order valence-electron chi connectivity index (χ1n) is 7.20. The van der Waals surface area contributed by atoms with Crippen molar-refractivity contribution >= 4 is 23.2 Å². The summed E-state index contributed by atoms with van der Waals surface area (Å²) in [5.41, 5.74) is 0.608. The van der Waals surface area contributed by atoms with Gasteiger partial charge in [0.15, 0.2) is 24.0 Å². The minimum absolute atomic E-state index is 0.112. The maximum absolute atomic E-state index is 13.5. The number of hydrogen-bond donors (Lipinski definition) is 1. The minimum atomic E-state index is -0.816. The van der Waals surface area contributed by atoms with Crippen molar-refractivity contribution < 1.29 is 18.3 Å². The number of carbonyl (C=O) groups excluding carboxylic acids is 1. The Morgan fingerprint density at radius 2 is 2.00 bits per heavy atom. The van der Waals surface area contributed by atoms with E-state index in [-0.39, 0.29) is 18.2 Å². The predicted octanol–water partition coefficient (Wildman–Crippen LogP) is 4.10. The first-order valence-corrected chi connectivity index (χ1v) is 7.58. The van der Waals surface area contributed by atoms with Gasteiger partial charge in [-0.1, -0.05) is 23.7 Å². The van der Waals surface area contributed by atoms with Crippen LogP contribution in [0.2, 0.25) is 5.02 Å². The summed E-state index contributed by atoms with van der Waals surface area (Å²) in [5.74, 6) is -2.06. The number of hydrogen-bond acceptors (Lipinski definition) is 3. The van der Waals surface area contributed by atoms with E-state index in [1.54, 1.807) is 24.3 Å². The zero-order valence-corrected chi connectivity index (χ0v) is 13.5. The van der Waals surface area contributed by atoms with Crippen LogP contribution < -0.4 is 10.1 Å². The number of nitrogens with one attached hydrogen (secondary N) is 1. The van der Waals surface area contributed by atoms with Gasteiger partial charge in [-0.3, -0.25) is 4.79 Å². The van der Waals surface area contributed by atoms with E-state index in [2.05, 4.69) is 10.4 Å². The molecule has 1 heterocycles. The molecule has 8 heteroatoms. The number of ether oxygens (including phenoxy) is 1. The van der Waals surface area contributed by atoms with Gasteiger partial charge in [-0.15, -0.1) is 0 Å². The molecule has 1 amide bonds. The SMILES string of the molecule is O=C(Nc1ccccc1Cl)c1ccn(COc2ccc(F)cc2F)n1. The van der Waals surface area contributed by atoms with E-state index < -0.39 is 17.5 Å². The number of aromatic nitrogens is 2. The van der Waals surface area contributed by atoms with Gasteiger partial charge in [-0.2, -0.15) is 5.10 Å². The molecule has 3 rings (SSSR count). The number of anilines is 1. The fourth-order valence-corrected chi connectivity index (χ4v) is 2.21. The predicted molar refractivity (Wildman–Crippen MR) is 88.6 cm³/mol. The first-order chi connectivity index (χ1) is 12.0. The van der Waals surface area contributed by atoms with Crippen LogP contribution in [-0.4, -0.2) is 15.7 Å². The fourth-order valence-electron chi connectivity index (χ4n) is 2.03. The van der Waals surface area contributed by atoms with E-state index in [0.29, 0.717) is 10.7 Å². The molecule has 0 spiro atoms. The van der Waals surface area contributed by atoms with Crippen molar-refractivity contribution in [3.8, 4) is 5.75 Å². The summed E-state index contributed by atoms with van der Waals surface area (Å²) in [6.45, 7) is -0.137. The number of benzene rings is 2. The van der Waals surface area contributed by atoms with Gasteiger partial charge in [0.2, 0.25) is 0 Å². The molecule has 0 aliphatic carbocycles. The lowest BCUT2D eigenvalue weighted by Gasteiger charge is -2.07. The lowest BCUT2D eigenvalue weighted by atomic mass is 10.3. The number of amides is 1. The molecule has 3 aromatic rings. The topological polar surface area (TPSA) is 56.2 Å². The van der Waals surface area contributed by atoms with Gasteiger partial charge >= 0.3 is 0 Å². The zero-order chi connectivity index (χ0) is 17.8. The molecule has 0 atom stereocenters. The highest BCUT2D eigenvalue weighted by Crippen LogP contribution is 2.21. The zero-order valence-electron chi connectivity index (χ0n) is 12.7. The monoisotopic (exact) mass is 363 g/mol. The maximum atomic E-state index is 13.5. The molecule has 0 aliphatic heterocycles. The lowest BCUT2D eigenvalue weighted by Crippen LogP contribution is -2.14. The third kappa shape index (κ3) is 4.13. The molecule has 0 saturated carbocycles. The average molecular weight is 364 g/mol. The van der Waals surface area contributed by atoms with Crippen LogP contribution in [0.5, 0.6) is 5.75 Å². The van der Waals surface area contributed by atoms with Crippen molar-refractivity contribution in [1.82, 2.24) is 9.78 Å². The second kappa shape index (κ2) is 7.31. The number of carbonyl (C=O) groups is 1. The Balaban J connectivity index is 1.64. The Bertz CT molecular complexity index is 914. The van der Waals surface area contributed by atoms with E-state index in [1.165, 1.54) is 23.0 Å². The molecule has 1 N–H and O–H groups in total. The molecule has 25 heavy (non-hydrogen) atoms. The number of rotatable bonds is 5. The third-order valence-corrected chi connectivity index (χ3v) is 3.57. The van der Waals surface area contributed by atoms with Crippen LogP contribution in [0.15, 0.2) is 54.7 Å². The molecule has 5 nitrogen and oxygen atoms in total. The van der Waals surface area contributed by atoms with Crippen molar-refractivity contribution in [1.29, 1.82) is 0 Å². The van der Waals surface area contributed by atoms with E-state index in [4.69, 9.17) is 16.3 Å². The Labute approximate surface area is 146 Å². The summed E-state index contributed by atoms with van der Waals surface area (Å²) in [6.07, 6.45) is 1.50. The summed E-state index contributed by atoms with van der Waals surface area (Å²) < 4.78 is 32.9. The molecule has 0 fully saturated rings. The van der Waals surface area contributed by atoms with Crippen molar-refractivity contribution in [2.45, 2.75) is 6.73 Å². The summed E-state index contributed by atoms with van der Waals surface area (Å²) >= 11 is 5.98. The molecule has 0 radical (unpaired) electrons. The van der Waals surface area contributed by atoms with Crippen LogP contribution in [0.3, 0.4) is 0 Å². The van der Waals surface area contributed by atoms with E-state index in [0.717, 1.165) is 12.1 Å². The van der Waals surface area contributed by atoms with Gasteiger partial charge in [0, 0.05) is 12.3 Å². The van der Waals surface area contributed by atoms with Gasteiger partial charge in [-0.05, 0) is 30.3 Å². The van der Waals surface area contributed by atoms with Gasteiger partial charge in [0.05, 0.1) is 10.7 Å². The molecule has 1 aromatic heterocycles. The Kier molecular flexibility index (Phi) is 4.95. The molecule has 0 unspecified atom stereocenters. The van der Waals surface area contributed by atoms with Crippen LogP contribution in [0, 0.1) is 11.6 Å². The Morgan fingerprint density at radius 1 is 1.20 bits per heavy atom. The van der Waals surface area contributed by atoms with E-state index >= 15 is 0 Å². The van der Waals surface area contributed by atoms with Gasteiger partial charge < -0.3 is 10.1 Å². The Hall–Kier alpha value is -2.93. The molecule has 128 valence electrons. The van der Waals surface area contributed by atoms with Gasteiger partial charge in [0.25, 0.3) is 5.91 Å². The molecular formula is C17H12ClF2N3O2. The van der Waals surface area contributed by atoms with E-state index in [1.807, 2.05) is 0 Å². The van der Waals surface area contributed by atoms with Crippen LogP contribution >= 0.6 is 11.6 Å². The van der Waals surface area contributed by atoms with Crippen molar-refractivity contribution in [3.05, 3.63) is 77.1 Å². The van der Waals surface area contributed by atoms with Crippen LogP contribution in [0.1, 0.15) is 10.5 Å². The highest BCUT2D eigenvalue weighted by atomic mass is 35.5. The average Bonchev–Trinajstić information content (AvgIpc) is 3.05. The lowest BCUT2D eigenvalue weighted by molar-refractivity contribution is 0.102. The van der Waals surface area contributed by atoms with Crippen molar-refractivity contribution in [2.75, 3.05) is 5.32 Å². The maximum Gasteiger partial charge on any atom is 0.276 e. The van der Waals surface area contributed by atoms with Gasteiger partial charge in [-0.25, -0.2) is 13.5 Å². The largest absolute Gasteiger partial charge is 0.468 e. The second-order valence-electron chi connectivity index (χ2n) is 5.02. The van der Waals surface area contributed by atoms with Crippen molar-refractivity contribution in [3.63, 3.8) is 0 Å². The van der Waals surface area contributed by atoms with Crippen LogP contribution in [0.25, 0.3) is 0 Å². The molecule has 0 bridgehead atoms. The second-order valence-corrected chi connectivity index (χ2v) is 5.43. The summed E-state index contributed by atoms with van der Waals surface area (Å²) in [4.78, 5) is 12.2. The molecule has 0 saturated heterocycles. The van der Waals surface area contributed by atoms with E-state index in [9.17, 15) is 13.6 Å². The number of nitrogens with zero attached hydrogens (tertiary/aromatic N) is 2. The highest BCUT2D eigenvalue weighted by Gasteiger charge is 2.12. The van der Waals surface area contributed by atoms with Crippen LogP contribution in [0.4, 0.5) is 14.5 Å².